The van der Waals surface area contributed by atoms with Crippen molar-refractivity contribution in [2.24, 2.45) is 0 Å². The fraction of sp³-hybridized carbons (Fsp3) is 0.500. The monoisotopic (exact) mass is 432 g/mol. The minimum Gasteiger partial charge on any atom is -0.442 e. The van der Waals surface area contributed by atoms with Crippen LogP contribution in [0, 0.1) is 17.1 Å². The van der Waals surface area contributed by atoms with Gasteiger partial charge in [-0.05, 0) is 31.0 Å². The van der Waals surface area contributed by atoms with Gasteiger partial charge in [0.25, 0.3) is 0 Å². The van der Waals surface area contributed by atoms with Gasteiger partial charge in [0.05, 0.1) is 30.5 Å². The molecule has 3 rings (SSSR count). The molecule has 31 heavy (non-hydrogen) atoms. The molecule has 0 spiro atoms. The lowest BCUT2D eigenvalue weighted by Gasteiger charge is -2.39. The van der Waals surface area contributed by atoms with Crippen LogP contribution in [0.3, 0.4) is 0 Å². The maximum absolute atomic E-state index is 14.9. The van der Waals surface area contributed by atoms with Crippen molar-refractivity contribution in [3.63, 3.8) is 0 Å². The Morgan fingerprint density at radius 1 is 1.29 bits per heavy atom. The molecule has 0 aliphatic carbocycles. The molecule has 1 aromatic rings. The maximum Gasteiger partial charge on any atom is 0.414 e. The Hall–Kier alpha value is -3.39. The molecule has 3 amide bonds. The smallest absolute Gasteiger partial charge is 0.414 e. The molecule has 1 atom stereocenters. The van der Waals surface area contributed by atoms with Crippen molar-refractivity contribution in [2.75, 3.05) is 36.0 Å². The normalized spacial score (nSPS) is 20.1. The molecule has 2 heterocycles. The van der Waals surface area contributed by atoms with E-state index < -0.39 is 23.6 Å². The highest BCUT2D eigenvalue weighted by Gasteiger charge is 2.36. The van der Waals surface area contributed by atoms with Crippen molar-refractivity contribution in [2.45, 2.75) is 38.3 Å². The maximum atomic E-state index is 14.9. The van der Waals surface area contributed by atoms with Crippen LogP contribution >= 0.6 is 0 Å². The van der Waals surface area contributed by atoms with Gasteiger partial charge < -0.3 is 15.0 Å². The van der Waals surface area contributed by atoms with Crippen molar-refractivity contribution in [3.05, 3.63) is 24.0 Å². The zero-order valence-corrected chi connectivity index (χ0v) is 17.4. The average Bonchev–Trinajstić information content (AvgIpc) is 3.12. The largest absolute Gasteiger partial charge is 0.442 e. The number of cyclic esters (lactones) is 1. The van der Waals surface area contributed by atoms with Gasteiger partial charge in [0.15, 0.2) is 0 Å². The Balaban J connectivity index is 1.64. The number of hydrogen-bond acceptors (Lipinski definition) is 7. The Morgan fingerprint density at radius 2 is 2.00 bits per heavy atom. The van der Waals surface area contributed by atoms with Crippen LogP contribution in [-0.4, -0.2) is 55.7 Å². The van der Waals surface area contributed by atoms with Crippen molar-refractivity contribution < 1.29 is 23.5 Å². The number of halogens is 1. The molecule has 0 bridgehead atoms. The lowest BCUT2D eigenvalue weighted by Crippen LogP contribution is -2.58. The Kier molecular flexibility index (Phi) is 6.60. The van der Waals surface area contributed by atoms with Gasteiger partial charge in [-0.3, -0.25) is 19.9 Å². The molecule has 10 nitrogen and oxygen atoms in total. The highest BCUT2D eigenvalue weighted by molar-refractivity contribution is 5.90. The van der Waals surface area contributed by atoms with Gasteiger partial charge in [-0.2, -0.15) is 5.26 Å². The average molecular weight is 432 g/mol. The zero-order valence-electron chi connectivity index (χ0n) is 17.4. The molecule has 2 saturated heterocycles. The molecule has 2 aliphatic rings. The first kappa shape index (κ1) is 22.3. The molecule has 166 valence electrons. The predicted molar refractivity (Wildman–Crippen MR) is 109 cm³/mol. The summed E-state index contributed by atoms with van der Waals surface area (Å²) in [7, 11) is 0. The molecule has 2 fully saturated rings. The van der Waals surface area contributed by atoms with E-state index in [0.29, 0.717) is 37.3 Å². The van der Waals surface area contributed by atoms with Gasteiger partial charge >= 0.3 is 6.09 Å². The molecule has 3 N–H and O–H groups in total. The standard InChI is InChI=1S/C20H25FN6O4/c1-13(28)23-10-16-11-27(19(30)31-16)15-3-4-18(17(21)9-15)26-7-5-20(12-22,6-8-26)25-24-14(2)29/h3-4,9,16,25H,5-8,10-11H2,1-2H3,(H,23,28)(H,24,29)/t16-/m0/s1. The first-order valence-electron chi connectivity index (χ1n) is 9.95. The first-order valence-corrected chi connectivity index (χ1v) is 9.95. The van der Waals surface area contributed by atoms with Crippen LogP contribution in [0.2, 0.25) is 0 Å². The van der Waals surface area contributed by atoms with E-state index in [-0.39, 0.29) is 24.9 Å². The van der Waals surface area contributed by atoms with Crippen molar-refractivity contribution in [1.82, 2.24) is 16.2 Å². The van der Waals surface area contributed by atoms with Crippen LogP contribution in [0.1, 0.15) is 26.7 Å². The predicted octanol–water partition coefficient (Wildman–Crippen LogP) is 0.790. The van der Waals surface area contributed by atoms with Gasteiger partial charge in [0.2, 0.25) is 11.8 Å². The summed E-state index contributed by atoms with van der Waals surface area (Å²) < 4.78 is 20.1. The Morgan fingerprint density at radius 3 is 2.58 bits per heavy atom. The number of benzene rings is 1. The third kappa shape index (κ3) is 5.21. The van der Waals surface area contributed by atoms with Gasteiger partial charge in [0, 0.05) is 26.9 Å². The Labute approximate surface area is 179 Å². The highest BCUT2D eigenvalue weighted by atomic mass is 19.1. The zero-order chi connectivity index (χ0) is 22.6. The van der Waals surface area contributed by atoms with E-state index in [0.717, 1.165) is 0 Å². The number of anilines is 2. The summed E-state index contributed by atoms with van der Waals surface area (Å²) in [6.07, 6.45) is -0.303. The number of hydrogen-bond donors (Lipinski definition) is 3. The SMILES string of the molecule is CC(=O)NC[C@H]1CN(c2ccc(N3CCC(C#N)(NNC(C)=O)CC3)c(F)c2)C(=O)O1. The topological polar surface area (TPSA) is 127 Å². The summed E-state index contributed by atoms with van der Waals surface area (Å²) in [5, 5.41) is 12.1. The first-order chi connectivity index (χ1) is 14.7. The summed E-state index contributed by atoms with van der Waals surface area (Å²) in [5.41, 5.74) is 5.07. The second kappa shape index (κ2) is 9.18. The third-order valence-corrected chi connectivity index (χ3v) is 5.35. The van der Waals surface area contributed by atoms with E-state index in [1.807, 2.05) is 4.90 Å². The van der Waals surface area contributed by atoms with Crippen molar-refractivity contribution in [1.29, 1.82) is 5.26 Å². The number of nitrogens with zero attached hydrogens (tertiary/aromatic N) is 3. The van der Waals surface area contributed by atoms with E-state index in [1.165, 1.54) is 24.8 Å². The van der Waals surface area contributed by atoms with Crippen LogP contribution in [0.15, 0.2) is 18.2 Å². The lowest BCUT2D eigenvalue weighted by molar-refractivity contribution is -0.120. The molecular formula is C20H25FN6O4. The number of nitriles is 1. The second-order valence-electron chi connectivity index (χ2n) is 7.68. The minimum absolute atomic E-state index is 0.194. The molecular weight excluding hydrogens is 407 g/mol. The van der Waals surface area contributed by atoms with Gasteiger partial charge in [-0.15, -0.1) is 0 Å². The number of hydrazine groups is 1. The van der Waals surface area contributed by atoms with E-state index in [4.69, 9.17) is 4.74 Å². The van der Waals surface area contributed by atoms with Crippen molar-refractivity contribution in [3.8, 4) is 6.07 Å². The molecule has 0 unspecified atom stereocenters. The van der Waals surface area contributed by atoms with Crippen LogP contribution in [0.4, 0.5) is 20.6 Å². The summed E-state index contributed by atoms with van der Waals surface area (Å²) in [6.45, 7) is 3.96. The summed E-state index contributed by atoms with van der Waals surface area (Å²) in [5.74, 6) is -1.01. The van der Waals surface area contributed by atoms with Crippen LogP contribution in [-0.2, 0) is 14.3 Å². The quantitative estimate of drug-likeness (QED) is 0.567. The molecule has 0 radical (unpaired) electrons. The summed E-state index contributed by atoms with van der Waals surface area (Å²) in [4.78, 5) is 37.4. The van der Waals surface area contributed by atoms with E-state index >= 15 is 0 Å². The number of amides is 3. The number of piperidine rings is 1. The summed E-state index contributed by atoms with van der Waals surface area (Å²) in [6, 6.07) is 6.72. The number of ether oxygens (including phenoxy) is 1. The molecule has 2 aliphatic heterocycles. The van der Waals surface area contributed by atoms with Crippen molar-refractivity contribution >= 4 is 29.3 Å². The fourth-order valence-corrected chi connectivity index (χ4v) is 3.62. The number of nitrogens with one attached hydrogen (secondary N) is 3. The third-order valence-electron chi connectivity index (χ3n) is 5.35. The lowest BCUT2D eigenvalue weighted by atomic mass is 9.89. The minimum atomic E-state index is -0.902. The Bertz CT molecular complexity index is 909. The molecule has 0 saturated carbocycles. The van der Waals surface area contributed by atoms with Gasteiger partial charge in [-0.1, -0.05) is 0 Å². The number of carbonyl (C=O) groups excluding carboxylic acids is 3. The number of carbonyl (C=O) groups is 3. The van der Waals surface area contributed by atoms with E-state index in [2.05, 4.69) is 22.2 Å². The molecule has 0 aromatic heterocycles. The van der Waals surface area contributed by atoms with Gasteiger partial charge in [0.1, 0.15) is 17.5 Å². The van der Waals surface area contributed by atoms with Crippen LogP contribution < -0.4 is 26.0 Å². The molecule has 1 aromatic carbocycles. The van der Waals surface area contributed by atoms with E-state index in [1.54, 1.807) is 12.1 Å². The summed E-state index contributed by atoms with van der Waals surface area (Å²) >= 11 is 0. The molecule has 11 heteroatoms. The second-order valence-corrected chi connectivity index (χ2v) is 7.68. The van der Waals surface area contributed by atoms with E-state index in [9.17, 15) is 24.0 Å². The van der Waals surface area contributed by atoms with Crippen LogP contribution in [0.5, 0.6) is 0 Å². The van der Waals surface area contributed by atoms with Crippen LogP contribution in [0.25, 0.3) is 0 Å². The van der Waals surface area contributed by atoms with Gasteiger partial charge in [-0.25, -0.2) is 14.6 Å². The highest BCUT2D eigenvalue weighted by Crippen LogP contribution is 2.31. The fourth-order valence-electron chi connectivity index (χ4n) is 3.62. The number of rotatable bonds is 6.